The molecule has 200 valence electrons. The minimum Gasteiger partial charge on any atom is -0.461 e. The Morgan fingerprint density at radius 1 is 0.947 bits per heavy atom. The molecule has 0 bridgehead atoms. The minimum atomic E-state index is -4.80. The monoisotopic (exact) mass is 542 g/mol. The lowest BCUT2D eigenvalue weighted by Crippen LogP contribution is -2.44. The van der Waals surface area contributed by atoms with Crippen LogP contribution in [0.2, 0.25) is 0 Å². The number of amides is 4. The highest BCUT2D eigenvalue weighted by molar-refractivity contribution is 6.47. The molecular formula is C23H16F6N4O5. The summed E-state index contributed by atoms with van der Waals surface area (Å²) in [5.41, 5.74) is -3.72. The van der Waals surface area contributed by atoms with Gasteiger partial charge in [-0.2, -0.15) is 31.4 Å². The van der Waals surface area contributed by atoms with E-state index in [-0.39, 0.29) is 12.3 Å². The molecule has 38 heavy (non-hydrogen) atoms. The highest BCUT2D eigenvalue weighted by Gasteiger charge is 2.60. The van der Waals surface area contributed by atoms with E-state index < -0.39 is 70.7 Å². The first-order valence-corrected chi connectivity index (χ1v) is 10.8. The molecule has 0 unspecified atom stereocenters. The number of esters is 1. The first-order valence-electron chi connectivity index (χ1n) is 10.8. The summed E-state index contributed by atoms with van der Waals surface area (Å²) in [4.78, 5) is 52.3. The quantitative estimate of drug-likeness (QED) is 0.357. The molecule has 15 heteroatoms. The maximum absolute atomic E-state index is 13.3. The molecule has 2 aliphatic rings. The van der Waals surface area contributed by atoms with Crippen molar-refractivity contribution in [2.75, 3.05) is 16.8 Å². The standard InChI is InChI=1S/C23H16F6N4O5/c1-2-38-20(36)16-15-17(19(35)32(18(15)34)14-8-4-6-12(10-14)23(27,28)29)33(31-16)21(37)30-13-7-3-5-11(9-13)22(24,25)26/h3-10,15,17H,2H2,1H3,(H,30,37)/t15-,17-/m1/s1. The van der Waals surface area contributed by atoms with E-state index in [1.165, 1.54) is 6.92 Å². The van der Waals surface area contributed by atoms with Crippen LogP contribution in [0.5, 0.6) is 0 Å². The van der Waals surface area contributed by atoms with E-state index in [1.54, 1.807) is 0 Å². The molecule has 0 aromatic heterocycles. The van der Waals surface area contributed by atoms with Crippen molar-refractivity contribution in [3.05, 3.63) is 59.7 Å². The molecule has 0 saturated carbocycles. The maximum atomic E-state index is 13.3. The summed E-state index contributed by atoms with van der Waals surface area (Å²) in [7, 11) is 0. The first kappa shape index (κ1) is 26.6. The zero-order valence-corrected chi connectivity index (χ0v) is 19.1. The average Bonchev–Trinajstić information content (AvgIpc) is 3.35. The van der Waals surface area contributed by atoms with Gasteiger partial charge in [-0.15, -0.1) is 0 Å². The number of rotatable bonds is 4. The predicted octanol–water partition coefficient (Wildman–Crippen LogP) is 4.05. The Hall–Kier alpha value is -4.43. The van der Waals surface area contributed by atoms with Gasteiger partial charge in [-0.1, -0.05) is 12.1 Å². The van der Waals surface area contributed by atoms with Crippen LogP contribution in [0.15, 0.2) is 53.6 Å². The molecule has 0 radical (unpaired) electrons. The molecule has 2 aliphatic heterocycles. The number of hydrogen-bond acceptors (Lipinski definition) is 6. The zero-order valence-electron chi connectivity index (χ0n) is 19.1. The third kappa shape index (κ3) is 4.78. The SMILES string of the molecule is CCOC(=O)C1=NN(C(=O)Nc2cccc(C(F)(F)F)c2)[C@H]2C(=O)N(c3cccc(C(F)(F)F)c3)C(=O)[C@H]12. The normalized spacial score (nSPS) is 19.4. The number of imide groups is 1. The van der Waals surface area contributed by atoms with Gasteiger partial charge in [-0.3, -0.25) is 9.59 Å². The second-order valence-corrected chi connectivity index (χ2v) is 8.04. The number of carbonyl (C=O) groups is 4. The van der Waals surface area contributed by atoms with Crippen LogP contribution in [0.4, 0.5) is 42.5 Å². The fourth-order valence-electron chi connectivity index (χ4n) is 3.98. The minimum absolute atomic E-state index is 0.175. The lowest BCUT2D eigenvalue weighted by molar-refractivity contribution is -0.138. The molecule has 4 rings (SSSR count). The molecular weight excluding hydrogens is 526 g/mol. The number of fused-ring (bicyclic) bond motifs is 1. The number of alkyl halides is 6. The third-order valence-electron chi connectivity index (χ3n) is 5.61. The van der Waals surface area contributed by atoms with Crippen LogP contribution in [0.3, 0.4) is 0 Å². The Bertz CT molecular complexity index is 1360. The summed E-state index contributed by atoms with van der Waals surface area (Å²) in [5.74, 6) is -5.20. The highest BCUT2D eigenvalue weighted by Crippen LogP contribution is 2.38. The van der Waals surface area contributed by atoms with Crippen LogP contribution in [0.1, 0.15) is 18.1 Å². The van der Waals surface area contributed by atoms with Crippen molar-refractivity contribution < 1.29 is 50.3 Å². The zero-order chi connectivity index (χ0) is 28.0. The molecule has 1 fully saturated rings. The molecule has 1 N–H and O–H groups in total. The number of anilines is 2. The fraction of sp³-hybridized carbons (Fsp3) is 0.261. The lowest BCUT2D eigenvalue weighted by Gasteiger charge is -2.21. The molecule has 0 aliphatic carbocycles. The second kappa shape index (κ2) is 9.46. The molecule has 2 aromatic carbocycles. The number of hydrazone groups is 1. The van der Waals surface area contributed by atoms with Crippen molar-refractivity contribution in [3.8, 4) is 0 Å². The molecule has 0 spiro atoms. The summed E-state index contributed by atoms with van der Waals surface area (Å²) in [6, 6.07) is 3.70. The molecule has 4 amide bonds. The summed E-state index contributed by atoms with van der Waals surface area (Å²) in [5, 5.41) is 6.25. The first-order chi connectivity index (χ1) is 17.7. The molecule has 9 nitrogen and oxygen atoms in total. The Morgan fingerprint density at radius 2 is 1.55 bits per heavy atom. The van der Waals surface area contributed by atoms with Gasteiger partial charge in [0.25, 0.3) is 5.91 Å². The van der Waals surface area contributed by atoms with Crippen LogP contribution in [0, 0.1) is 5.92 Å². The van der Waals surface area contributed by atoms with E-state index in [0.29, 0.717) is 22.0 Å². The third-order valence-corrected chi connectivity index (χ3v) is 5.61. The van der Waals surface area contributed by atoms with Crippen molar-refractivity contribution in [1.29, 1.82) is 0 Å². The number of nitrogens with zero attached hydrogens (tertiary/aromatic N) is 3. The van der Waals surface area contributed by atoms with Crippen LogP contribution in [-0.4, -0.2) is 47.2 Å². The van der Waals surface area contributed by atoms with Crippen molar-refractivity contribution in [2.45, 2.75) is 25.3 Å². The van der Waals surface area contributed by atoms with Gasteiger partial charge >= 0.3 is 24.4 Å². The van der Waals surface area contributed by atoms with Crippen molar-refractivity contribution in [3.63, 3.8) is 0 Å². The summed E-state index contributed by atoms with van der Waals surface area (Å²) in [6.07, 6.45) is -9.53. The van der Waals surface area contributed by atoms with Crippen LogP contribution >= 0.6 is 0 Å². The van der Waals surface area contributed by atoms with Gasteiger partial charge < -0.3 is 10.1 Å². The van der Waals surface area contributed by atoms with E-state index in [2.05, 4.69) is 10.4 Å². The Balaban J connectivity index is 1.70. The van der Waals surface area contributed by atoms with E-state index >= 15 is 0 Å². The second-order valence-electron chi connectivity index (χ2n) is 8.04. The van der Waals surface area contributed by atoms with Crippen LogP contribution in [0.25, 0.3) is 0 Å². The maximum Gasteiger partial charge on any atom is 0.416 e. The number of carbonyl (C=O) groups excluding carboxylic acids is 4. The Labute approximate surface area is 209 Å². The van der Waals surface area contributed by atoms with Crippen molar-refractivity contribution in [2.24, 2.45) is 11.0 Å². The smallest absolute Gasteiger partial charge is 0.416 e. The molecule has 2 heterocycles. The van der Waals surface area contributed by atoms with Gasteiger partial charge in [-0.25, -0.2) is 19.5 Å². The van der Waals surface area contributed by atoms with E-state index in [0.717, 1.165) is 36.4 Å². The molecule has 1 saturated heterocycles. The molecule has 2 atom stereocenters. The van der Waals surface area contributed by atoms with Crippen LogP contribution in [-0.2, 0) is 31.5 Å². The molecule has 2 aromatic rings. The number of halogens is 6. The predicted molar refractivity (Wildman–Crippen MR) is 118 cm³/mol. The summed E-state index contributed by atoms with van der Waals surface area (Å²) < 4.78 is 83.6. The fourth-order valence-corrected chi connectivity index (χ4v) is 3.98. The van der Waals surface area contributed by atoms with Gasteiger partial charge in [0.1, 0.15) is 5.92 Å². The van der Waals surface area contributed by atoms with Gasteiger partial charge in [-0.05, 0) is 43.3 Å². The lowest BCUT2D eigenvalue weighted by atomic mass is 9.98. The van der Waals surface area contributed by atoms with Gasteiger partial charge in [0.15, 0.2) is 11.8 Å². The Morgan fingerprint density at radius 3 is 2.16 bits per heavy atom. The van der Waals surface area contributed by atoms with Crippen molar-refractivity contribution >= 4 is 40.9 Å². The van der Waals surface area contributed by atoms with E-state index in [9.17, 15) is 45.5 Å². The van der Waals surface area contributed by atoms with E-state index in [4.69, 9.17) is 4.74 Å². The van der Waals surface area contributed by atoms with Gasteiger partial charge in [0.05, 0.1) is 23.4 Å². The Kier molecular flexibility index (Phi) is 6.63. The number of ether oxygens (including phenoxy) is 1. The highest BCUT2D eigenvalue weighted by atomic mass is 19.4. The number of urea groups is 1. The van der Waals surface area contributed by atoms with Gasteiger partial charge in [0.2, 0.25) is 5.91 Å². The van der Waals surface area contributed by atoms with Crippen molar-refractivity contribution in [1.82, 2.24) is 5.01 Å². The van der Waals surface area contributed by atoms with Gasteiger partial charge in [0, 0.05) is 5.69 Å². The van der Waals surface area contributed by atoms with E-state index in [1.807, 2.05) is 0 Å². The number of benzene rings is 2. The topological polar surface area (TPSA) is 108 Å². The number of nitrogens with one attached hydrogen (secondary N) is 1. The van der Waals surface area contributed by atoms with Crippen LogP contribution < -0.4 is 10.2 Å². The summed E-state index contributed by atoms with van der Waals surface area (Å²) >= 11 is 0. The average molecular weight is 542 g/mol. The largest absolute Gasteiger partial charge is 0.461 e. The summed E-state index contributed by atoms with van der Waals surface area (Å²) in [6.45, 7) is 1.25. The number of hydrogen-bond donors (Lipinski definition) is 1.